The van der Waals surface area contributed by atoms with Crippen LogP contribution in [0.1, 0.15) is 32.4 Å². The number of aromatic nitrogens is 2. The zero-order valence-corrected chi connectivity index (χ0v) is 12.8. The van der Waals surface area contributed by atoms with Crippen molar-refractivity contribution in [1.29, 1.82) is 0 Å². The Balaban J connectivity index is 2.54. The molecule has 1 aromatic heterocycles. The maximum absolute atomic E-state index is 12.6. The van der Waals surface area contributed by atoms with E-state index in [1.807, 2.05) is 6.07 Å². The van der Waals surface area contributed by atoms with Crippen LogP contribution in [0, 0.1) is 0 Å². The monoisotopic (exact) mass is 301 g/mol. The fourth-order valence-corrected chi connectivity index (χ4v) is 2.03. The summed E-state index contributed by atoms with van der Waals surface area (Å²) in [5.41, 5.74) is 5.08. The molecule has 1 unspecified atom stereocenters. The molecule has 1 heterocycles. The lowest BCUT2D eigenvalue weighted by Crippen LogP contribution is -2.36. The van der Waals surface area contributed by atoms with Crippen molar-refractivity contribution in [3.63, 3.8) is 0 Å². The van der Waals surface area contributed by atoms with Crippen LogP contribution in [0.15, 0.2) is 47.7 Å². The van der Waals surface area contributed by atoms with Crippen molar-refractivity contribution in [3.8, 4) is 0 Å². The summed E-state index contributed by atoms with van der Waals surface area (Å²) in [6.07, 6.45) is 2.55. The molecule has 0 aliphatic heterocycles. The van der Waals surface area contributed by atoms with Crippen molar-refractivity contribution in [2.75, 3.05) is 5.73 Å². The number of carbonyl (C=O) groups excluding carboxylic acids is 1. The highest BCUT2D eigenvalue weighted by Crippen LogP contribution is 2.21. The molecule has 0 saturated heterocycles. The van der Waals surface area contributed by atoms with E-state index in [0.29, 0.717) is 5.56 Å². The van der Waals surface area contributed by atoms with E-state index in [4.69, 9.17) is 10.5 Å². The minimum Gasteiger partial charge on any atom is -0.458 e. The van der Waals surface area contributed by atoms with Crippen LogP contribution in [-0.4, -0.2) is 21.1 Å². The highest BCUT2D eigenvalue weighted by molar-refractivity contribution is 5.78. The fourth-order valence-electron chi connectivity index (χ4n) is 2.03. The van der Waals surface area contributed by atoms with Crippen LogP contribution in [0.25, 0.3) is 0 Å². The number of nitrogen functional groups attached to an aromatic ring is 1. The molecular weight excluding hydrogens is 282 g/mol. The SMILES string of the molecule is CC(C)(C)OC(=O)C(c1ccccc1)n1cncc(N)c1=O. The molecule has 2 N–H and O–H groups in total. The van der Waals surface area contributed by atoms with Crippen molar-refractivity contribution >= 4 is 11.7 Å². The second-order valence-corrected chi connectivity index (χ2v) is 5.91. The summed E-state index contributed by atoms with van der Waals surface area (Å²) in [7, 11) is 0. The van der Waals surface area contributed by atoms with Gasteiger partial charge in [0.05, 0.1) is 12.5 Å². The fraction of sp³-hybridized carbons (Fsp3) is 0.312. The van der Waals surface area contributed by atoms with Gasteiger partial charge < -0.3 is 10.5 Å². The van der Waals surface area contributed by atoms with Crippen LogP contribution < -0.4 is 11.3 Å². The van der Waals surface area contributed by atoms with Crippen LogP contribution in [-0.2, 0) is 9.53 Å². The molecule has 0 radical (unpaired) electrons. The molecule has 6 nitrogen and oxygen atoms in total. The van der Waals surface area contributed by atoms with Gasteiger partial charge in [0.15, 0.2) is 6.04 Å². The molecule has 0 aliphatic rings. The van der Waals surface area contributed by atoms with Gasteiger partial charge >= 0.3 is 5.97 Å². The average molecular weight is 301 g/mol. The third-order valence-corrected chi connectivity index (χ3v) is 2.91. The van der Waals surface area contributed by atoms with Crippen LogP contribution in [0.3, 0.4) is 0 Å². The second kappa shape index (κ2) is 6.01. The Labute approximate surface area is 128 Å². The molecule has 2 aromatic rings. The number of benzene rings is 1. The van der Waals surface area contributed by atoms with E-state index in [1.54, 1.807) is 45.0 Å². The maximum Gasteiger partial charge on any atom is 0.334 e. The number of carbonyl (C=O) groups is 1. The number of nitrogens with two attached hydrogens (primary N) is 1. The van der Waals surface area contributed by atoms with Gasteiger partial charge in [-0.1, -0.05) is 30.3 Å². The van der Waals surface area contributed by atoms with E-state index in [1.165, 1.54) is 17.1 Å². The largest absolute Gasteiger partial charge is 0.458 e. The molecule has 0 saturated carbocycles. The van der Waals surface area contributed by atoms with E-state index < -0.39 is 23.2 Å². The molecule has 0 spiro atoms. The minimum atomic E-state index is -0.927. The van der Waals surface area contributed by atoms with Gasteiger partial charge in [-0.15, -0.1) is 0 Å². The summed E-state index contributed by atoms with van der Waals surface area (Å²) in [5.74, 6) is -0.534. The Bertz CT molecular complexity index is 717. The third-order valence-electron chi connectivity index (χ3n) is 2.91. The number of ether oxygens (including phenoxy) is 1. The predicted molar refractivity (Wildman–Crippen MR) is 83.3 cm³/mol. The first kappa shape index (κ1) is 15.8. The Hall–Kier alpha value is -2.63. The van der Waals surface area contributed by atoms with Crippen molar-refractivity contribution in [2.24, 2.45) is 0 Å². The van der Waals surface area contributed by atoms with E-state index >= 15 is 0 Å². The standard InChI is InChI=1S/C16H19N3O3/c1-16(2,3)22-15(21)13(11-7-5-4-6-8-11)19-10-18-9-12(17)14(19)20/h4-10,13H,17H2,1-3H3. The third kappa shape index (κ3) is 3.52. The molecule has 0 bridgehead atoms. The molecule has 2 rings (SSSR count). The lowest BCUT2D eigenvalue weighted by Gasteiger charge is -2.25. The van der Waals surface area contributed by atoms with Gasteiger partial charge in [-0.2, -0.15) is 0 Å². The smallest absolute Gasteiger partial charge is 0.334 e. The normalized spacial score (nSPS) is 12.7. The Morgan fingerprint density at radius 2 is 1.91 bits per heavy atom. The van der Waals surface area contributed by atoms with Crippen molar-refractivity contribution in [1.82, 2.24) is 9.55 Å². The average Bonchev–Trinajstić information content (AvgIpc) is 2.43. The zero-order valence-electron chi connectivity index (χ0n) is 12.8. The molecular formula is C16H19N3O3. The first-order chi connectivity index (χ1) is 10.3. The van der Waals surface area contributed by atoms with Crippen molar-refractivity contribution < 1.29 is 9.53 Å². The van der Waals surface area contributed by atoms with Gasteiger partial charge in [-0.05, 0) is 26.3 Å². The van der Waals surface area contributed by atoms with Crippen molar-refractivity contribution in [3.05, 3.63) is 58.8 Å². The summed E-state index contributed by atoms with van der Waals surface area (Å²) in [4.78, 5) is 28.7. The van der Waals surface area contributed by atoms with Gasteiger partial charge in [0.1, 0.15) is 11.3 Å². The second-order valence-electron chi connectivity index (χ2n) is 5.91. The molecule has 0 amide bonds. The Morgan fingerprint density at radius 3 is 2.50 bits per heavy atom. The van der Waals surface area contributed by atoms with Gasteiger partial charge in [-0.25, -0.2) is 9.78 Å². The van der Waals surface area contributed by atoms with Gasteiger partial charge in [0.25, 0.3) is 5.56 Å². The summed E-state index contributed by atoms with van der Waals surface area (Å²) >= 11 is 0. The first-order valence-electron chi connectivity index (χ1n) is 6.89. The summed E-state index contributed by atoms with van der Waals surface area (Å²) in [6, 6.07) is 7.99. The van der Waals surface area contributed by atoms with E-state index in [2.05, 4.69) is 4.98 Å². The number of rotatable bonds is 3. The molecule has 1 aromatic carbocycles. The Morgan fingerprint density at radius 1 is 1.27 bits per heavy atom. The molecule has 0 fully saturated rings. The van der Waals surface area contributed by atoms with E-state index in [9.17, 15) is 9.59 Å². The highest BCUT2D eigenvalue weighted by Gasteiger charge is 2.29. The van der Waals surface area contributed by atoms with Crippen LogP contribution in [0.5, 0.6) is 0 Å². The summed E-state index contributed by atoms with van der Waals surface area (Å²) in [5, 5.41) is 0. The van der Waals surface area contributed by atoms with Crippen molar-refractivity contribution in [2.45, 2.75) is 32.4 Å². The van der Waals surface area contributed by atoms with Gasteiger partial charge in [-0.3, -0.25) is 9.36 Å². The Kier molecular flexibility index (Phi) is 4.30. The topological polar surface area (TPSA) is 87.2 Å². The van der Waals surface area contributed by atoms with Crippen LogP contribution in [0.4, 0.5) is 5.69 Å². The van der Waals surface area contributed by atoms with Crippen LogP contribution >= 0.6 is 0 Å². The summed E-state index contributed by atoms with van der Waals surface area (Å²) in [6.45, 7) is 5.31. The van der Waals surface area contributed by atoms with Crippen LogP contribution in [0.2, 0.25) is 0 Å². The maximum atomic E-state index is 12.6. The lowest BCUT2D eigenvalue weighted by molar-refractivity contribution is -0.157. The number of hydrogen-bond donors (Lipinski definition) is 1. The first-order valence-corrected chi connectivity index (χ1v) is 6.89. The molecule has 1 atom stereocenters. The molecule has 6 heteroatoms. The van der Waals surface area contributed by atoms with Gasteiger partial charge in [0, 0.05) is 0 Å². The predicted octanol–water partition coefficient (Wildman–Crippen LogP) is 1.76. The molecule has 116 valence electrons. The highest BCUT2D eigenvalue weighted by atomic mass is 16.6. The van der Waals surface area contributed by atoms with E-state index in [-0.39, 0.29) is 5.69 Å². The number of nitrogens with zero attached hydrogens (tertiary/aromatic N) is 2. The quantitative estimate of drug-likeness (QED) is 0.873. The minimum absolute atomic E-state index is 0.0213. The molecule has 22 heavy (non-hydrogen) atoms. The number of hydrogen-bond acceptors (Lipinski definition) is 5. The zero-order chi connectivity index (χ0) is 16.3. The lowest BCUT2D eigenvalue weighted by atomic mass is 10.1. The number of esters is 1. The number of anilines is 1. The summed E-state index contributed by atoms with van der Waals surface area (Å²) < 4.78 is 6.63. The van der Waals surface area contributed by atoms with Gasteiger partial charge in [0.2, 0.25) is 0 Å². The van der Waals surface area contributed by atoms with E-state index in [0.717, 1.165) is 0 Å². The molecule has 0 aliphatic carbocycles.